The van der Waals surface area contributed by atoms with Crippen molar-refractivity contribution >= 4 is 23.6 Å². The summed E-state index contributed by atoms with van der Waals surface area (Å²) in [5, 5.41) is 14.2. The maximum absolute atomic E-state index is 14.2. The largest absolute Gasteiger partial charge is 0.507 e. The third kappa shape index (κ3) is 9.61. The van der Waals surface area contributed by atoms with Crippen LogP contribution in [0.15, 0.2) is 97.1 Å². The highest BCUT2D eigenvalue weighted by atomic mass is 35.5. The van der Waals surface area contributed by atoms with E-state index in [-0.39, 0.29) is 24.2 Å². The molecule has 1 atom stereocenters. The molecule has 51 heavy (non-hydrogen) atoms. The molecular formula is C41H47ClN4O5. The SMILES string of the molecule is COc1cccc(O)c1CN1CCN(C(=O)[C@H](NC(=O)OCc2ccccc2)C2CCN(CCc3cc(Cl)ccc3-c3ccccc3)CC2)CC1. The van der Waals surface area contributed by atoms with Crippen molar-refractivity contribution in [1.29, 1.82) is 0 Å². The monoisotopic (exact) mass is 710 g/mol. The standard InChI is InChI=1S/C41H47ClN4O5/c1-50-38-14-8-13-37(47)36(38)28-45-23-25-46(26-24-45)40(48)39(43-41(49)51-29-30-9-4-2-5-10-30)32-17-20-44(21-18-32)22-19-33-27-34(42)15-16-35(33)31-11-6-3-7-12-31/h2-16,27,32,39,47H,17-26,28-29H2,1H3,(H,43,49)/t39-/m1/s1. The molecule has 2 N–H and O–H groups in total. The fraction of sp³-hybridized carbons (Fsp3) is 0.366. The molecule has 2 saturated heterocycles. The Morgan fingerprint density at radius 2 is 1.57 bits per heavy atom. The Morgan fingerprint density at radius 1 is 0.863 bits per heavy atom. The van der Waals surface area contributed by atoms with E-state index in [9.17, 15) is 14.7 Å². The summed E-state index contributed by atoms with van der Waals surface area (Å²) in [5.74, 6) is 0.743. The number of nitrogens with zero attached hydrogens (tertiary/aromatic N) is 3. The molecule has 10 heteroatoms. The Labute approximate surface area is 305 Å². The van der Waals surface area contributed by atoms with E-state index in [0.717, 1.165) is 55.0 Å². The summed E-state index contributed by atoms with van der Waals surface area (Å²) in [6, 6.07) is 30.6. The first kappa shape index (κ1) is 36.2. The molecule has 2 amide bonds. The first-order valence-corrected chi connectivity index (χ1v) is 18.1. The smallest absolute Gasteiger partial charge is 0.408 e. The van der Waals surface area contributed by atoms with Gasteiger partial charge in [-0.1, -0.05) is 84.4 Å². The average molecular weight is 711 g/mol. The zero-order valence-corrected chi connectivity index (χ0v) is 29.9. The minimum atomic E-state index is -0.683. The van der Waals surface area contributed by atoms with E-state index in [2.05, 4.69) is 51.5 Å². The third-order valence-corrected chi connectivity index (χ3v) is 10.3. The van der Waals surface area contributed by atoms with E-state index >= 15 is 0 Å². The molecule has 2 heterocycles. The number of hydrogen-bond donors (Lipinski definition) is 2. The lowest BCUT2D eigenvalue weighted by Gasteiger charge is -2.40. The van der Waals surface area contributed by atoms with E-state index in [1.54, 1.807) is 19.2 Å². The number of likely N-dealkylation sites (tertiary alicyclic amines) is 1. The van der Waals surface area contributed by atoms with Gasteiger partial charge in [0.05, 0.1) is 7.11 Å². The lowest BCUT2D eigenvalue weighted by molar-refractivity contribution is -0.137. The van der Waals surface area contributed by atoms with Crippen LogP contribution in [0.1, 0.15) is 29.5 Å². The summed E-state index contributed by atoms with van der Waals surface area (Å²) in [6.07, 6.45) is 1.84. The number of methoxy groups -OCH3 is 1. The second kappa shape index (κ2) is 17.6. The number of hydrogen-bond acceptors (Lipinski definition) is 7. The zero-order chi connectivity index (χ0) is 35.6. The highest BCUT2D eigenvalue weighted by Crippen LogP contribution is 2.30. The molecule has 0 aromatic heterocycles. The van der Waals surface area contributed by atoms with Crippen molar-refractivity contribution in [3.63, 3.8) is 0 Å². The summed E-state index contributed by atoms with van der Waals surface area (Å²) in [5.41, 5.74) is 5.20. The van der Waals surface area contributed by atoms with Gasteiger partial charge in [0.25, 0.3) is 0 Å². The Balaban J connectivity index is 1.08. The maximum atomic E-state index is 14.2. The molecule has 4 aromatic carbocycles. The van der Waals surface area contributed by atoms with Crippen LogP contribution in [0.3, 0.4) is 0 Å². The van der Waals surface area contributed by atoms with Crippen molar-refractivity contribution in [2.45, 2.75) is 38.5 Å². The molecular weight excluding hydrogens is 664 g/mol. The van der Waals surface area contributed by atoms with Crippen LogP contribution >= 0.6 is 11.6 Å². The van der Waals surface area contributed by atoms with Crippen LogP contribution in [0, 0.1) is 5.92 Å². The van der Waals surface area contributed by atoms with Crippen LogP contribution in [0.5, 0.6) is 11.5 Å². The summed E-state index contributed by atoms with van der Waals surface area (Å²) in [4.78, 5) is 33.8. The summed E-state index contributed by atoms with van der Waals surface area (Å²) < 4.78 is 11.1. The number of phenols is 1. The molecule has 268 valence electrons. The molecule has 2 aliphatic heterocycles. The number of rotatable bonds is 12. The molecule has 9 nitrogen and oxygen atoms in total. The van der Waals surface area contributed by atoms with Gasteiger partial charge in [-0.05, 0) is 84.8 Å². The van der Waals surface area contributed by atoms with Crippen LogP contribution in [0.25, 0.3) is 11.1 Å². The van der Waals surface area contributed by atoms with E-state index in [0.29, 0.717) is 38.5 Å². The number of alkyl carbamates (subject to hydrolysis) is 1. The van der Waals surface area contributed by atoms with Crippen molar-refractivity contribution in [2.24, 2.45) is 5.92 Å². The maximum Gasteiger partial charge on any atom is 0.408 e. The van der Waals surface area contributed by atoms with Crippen LogP contribution in [-0.2, 0) is 29.1 Å². The summed E-state index contributed by atoms with van der Waals surface area (Å²) >= 11 is 6.42. The quantitative estimate of drug-likeness (QED) is 0.171. The normalized spacial score (nSPS) is 16.4. The third-order valence-electron chi connectivity index (χ3n) is 10.1. The number of nitrogens with one attached hydrogen (secondary N) is 1. The minimum Gasteiger partial charge on any atom is -0.507 e. The number of piperazine rings is 1. The first-order valence-electron chi connectivity index (χ1n) is 17.8. The second-order valence-electron chi connectivity index (χ2n) is 13.3. The number of piperidine rings is 1. The van der Waals surface area contributed by atoms with Crippen molar-refractivity contribution in [1.82, 2.24) is 20.0 Å². The number of benzene rings is 4. The predicted molar refractivity (Wildman–Crippen MR) is 200 cm³/mol. The van der Waals surface area contributed by atoms with Gasteiger partial charge in [0.15, 0.2) is 0 Å². The number of carbonyl (C=O) groups excluding carboxylic acids is 2. The number of carbonyl (C=O) groups is 2. The van der Waals surface area contributed by atoms with Crippen molar-refractivity contribution in [3.05, 3.63) is 119 Å². The highest BCUT2D eigenvalue weighted by molar-refractivity contribution is 6.30. The van der Waals surface area contributed by atoms with E-state index in [4.69, 9.17) is 21.1 Å². The van der Waals surface area contributed by atoms with Crippen molar-refractivity contribution in [3.8, 4) is 22.6 Å². The molecule has 0 radical (unpaired) electrons. The van der Waals surface area contributed by atoms with Crippen molar-refractivity contribution < 1.29 is 24.2 Å². The molecule has 0 unspecified atom stereocenters. The second-order valence-corrected chi connectivity index (χ2v) is 13.8. The molecule has 2 aliphatic rings. The van der Waals surface area contributed by atoms with Gasteiger partial charge in [0.1, 0.15) is 24.1 Å². The van der Waals surface area contributed by atoms with Gasteiger partial charge >= 0.3 is 6.09 Å². The van der Waals surface area contributed by atoms with Gasteiger partial charge in [-0.3, -0.25) is 9.69 Å². The fourth-order valence-electron chi connectivity index (χ4n) is 7.18. The predicted octanol–water partition coefficient (Wildman–Crippen LogP) is 6.62. The van der Waals surface area contributed by atoms with Gasteiger partial charge in [-0.25, -0.2) is 4.79 Å². The van der Waals surface area contributed by atoms with Gasteiger partial charge < -0.3 is 29.7 Å². The Hall–Kier alpha value is -4.57. The highest BCUT2D eigenvalue weighted by Gasteiger charge is 2.37. The number of phenolic OH excluding ortho intramolecular Hbond substituents is 1. The van der Waals surface area contributed by atoms with Crippen LogP contribution in [0.4, 0.5) is 4.79 Å². The summed E-state index contributed by atoms with van der Waals surface area (Å²) in [6.45, 7) is 5.51. The first-order chi connectivity index (χ1) is 24.9. The topological polar surface area (TPSA) is 94.6 Å². The van der Waals surface area contributed by atoms with Crippen LogP contribution < -0.4 is 10.1 Å². The number of amides is 2. The van der Waals surface area contributed by atoms with Crippen molar-refractivity contribution in [2.75, 3.05) is 52.9 Å². The Kier molecular flexibility index (Phi) is 12.5. The molecule has 6 rings (SSSR count). The van der Waals surface area contributed by atoms with E-state index < -0.39 is 12.1 Å². The number of ether oxygens (including phenoxy) is 2. The molecule has 2 fully saturated rings. The Bertz CT molecular complexity index is 1740. The zero-order valence-electron chi connectivity index (χ0n) is 29.2. The van der Waals surface area contributed by atoms with Gasteiger partial charge in [0, 0.05) is 49.9 Å². The summed E-state index contributed by atoms with van der Waals surface area (Å²) in [7, 11) is 1.60. The molecule has 0 bridgehead atoms. The molecule has 0 saturated carbocycles. The lowest BCUT2D eigenvalue weighted by Crippen LogP contribution is -2.58. The van der Waals surface area contributed by atoms with Crippen LogP contribution in [-0.4, -0.2) is 90.8 Å². The number of aromatic hydroxyl groups is 1. The lowest BCUT2D eigenvalue weighted by atomic mass is 9.88. The van der Waals surface area contributed by atoms with E-state index in [1.165, 1.54) is 16.7 Å². The minimum absolute atomic E-state index is 0.0207. The Morgan fingerprint density at radius 3 is 2.27 bits per heavy atom. The van der Waals surface area contributed by atoms with E-state index in [1.807, 2.05) is 53.4 Å². The molecule has 4 aromatic rings. The van der Waals surface area contributed by atoms with Gasteiger partial charge in [-0.2, -0.15) is 0 Å². The average Bonchev–Trinajstić information content (AvgIpc) is 3.17. The molecule has 0 spiro atoms. The number of halogens is 1. The fourth-order valence-corrected chi connectivity index (χ4v) is 7.38. The van der Waals surface area contributed by atoms with Gasteiger partial charge in [-0.15, -0.1) is 0 Å². The van der Waals surface area contributed by atoms with Gasteiger partial charge in [0.2, 0.25) is 5.91 Å². The molecule has 0 aliphatic carbocycles. The van der Waals surface area contributed by atoms with Crippen LogP contribution in [0.2, 0.25) is 5.02 Å².